The third-order valence-corrected chi connectivity index (χ3v) is 3.68. The zero-order valence-corrected chi connectivity index (χ0v) is 11.5. The average Bonchev–Trinajstić information content (AvgIpc) is 2.41. The first-order valence-electron chi connectivity index (χ1n) is 7.17. The van der Waals surface area contributed by atoms with Gasteiger partial charge in [-0.25, -0.2) is 4.79 Å². The molecule has 1 aromatic rings. The Morgan fingerprint density at radius 1 is 1.10 bits per heavy atom. The summed E-state index contributed by atoms with van der Waals surface area (Å²) in [5, 5.41) is 11.8. The van der Waals surface area contributed by atoms with Crippen LogP contribution < -0.4 is 5.32 Å². The number of nitrogens with zero attached hydrogens (tertiary/aromatic N) is 1. The summed E-state index contributed by atoms with van der Waals surface area (Å²) in [6.45, 7) is 0. The third-order valence-electron chi connectivity index (χ3n) is 3.68. The third kappa shape index (κ3) is 4.05. The maximum Gasteiger partial charge on any atom is 0.337 e. The van der Waals surface area contributed by atoms with Gasteiger partial charge in [-0.2, -0.15) is 0 Å². The van der Waals surface area contributed by atoms with Gasteiger partial charge in [0.15, 0.2) is 0 Å². The van der Waals surface area contributed by atoms with Crippen molar-refractivity contribution in [3.8, 4) is 0 Å². The number of rotatable bonds is 3. The number of hydrogen-bond acceptors (Lipinski definition) is 3. The normalized spacial score (nSPS) is 17.0. The number of carbonyl (C=O) groups excluding carboxylic acids is 1. The van der Waals surface area contributed by atoms with Crippen molar-refractivity contribution in [1.29, 1.82) is 0 Å². The fraction of sp³-hybridized carbons (Fsp3) is 0.533. The highest BCUT2D eigenvalue weighted by Crippen LogP contribution is 2.17. The fourth-order valence-electron chi connectivity index (χ4n) is 2.51. The topological polar surface area (TPSA) is 79.3 Å². The van der Waals surface area contributed by atoms with Gasteiger partial charge in [-0.15, -0.1) is 0 Å². The van der Waals surface area contributed by atoms with Crippen LogP contribution in [0.5, 0.6) is 0 Å². The lowest BCUT2D eigenvalue weighted by Gasteiger charge is -2.20. The zero-order valence-electron chi connectivity index (χ0n) is 11.5. The van der Waals surface area contributed by atoms with E-state index in [1.54, 1.807) is 0 Å². The monoisotopic (exact) mass is 276 g/mol. The van der Waals surface area contributed by atoms with Gasteiger partial charge in [0.05, 0.1) is 5.56 Å². The largest absolute Gasteiger partial charge is 0.478 e. The molecule has 0 unspecified atom stereocenters. The van der Waals surface area contributed by atoms with Crippen LogP contribution in [0.1, 0.15) is 65.8 Å². The predicted molar refractivity (Wildman–Crippen MR) is 74.8 cm³/mol. The highest BCUT2D eigenvalue weighted by molar-refractivity contribution is 5.93. The first-order chi connectivity index (χ1) is 9.66. The lowest BCUT2D eigenvalue weighted by molar-refractivity contribution is 0.0695. The minimum atomic E-state index is -1.04. The molecule has 0 atom stereocenters. The molecular formula is C15H20N2O3. The van der Waals surface area contributed by atoms with Crippen molar-refractivity contribution in [2.24, 2.45) is 0 Å². The predicted octanol–water partition coefficient (Wildman–Crippen LogP) is 2.62. The van der Waals surface area contributed by atoms with Crippen molar-refractivity contribution >= 4 is 11.9 Å². The molecule has 0 spiro atoms. The first-order valence-corrected chi connectivity index (χ1v) is 7.17. The summed E-state index contributed by atoms with van der Waals surface area (Å²) in [5.74, 6) is -1.25. The Morgan fingerprint density at radius 2 is 1.75 bits per heavy atom. The maximum absolute atomic E-state index is 12.1. The van der Waals surface area contributed by atoms with Crippen LogP contribution in [0.3, 0.4) is 0 Å². The van der Waals surface area contributed by atoms with Crippen molar-refractivity contribution in [2.45, 2.75) is 51.0 Å². The molecule has 1 saturated carbocycles. The Balaban J connectivity index is 1.94. The van der Waals surface area contributed by atoms with E-state index in [9.17, 15) is 9.59 Å². The number of carboxylic acid groups (broad SMARTS) is 1. The van der Waals surface area contributed by atoms with E-state index >= 15 is 0 Å². The van der Waals surface area contributed by atoms with Crippen LogP contribution in [0, 0.1) is 0 Å². The van der Waals surface area contributed by atoms with E-state index in [1.165, 1.54) is 37.6 Å². The SMILES string of the molecule is O=C(O)c1ccc(C(=O)NC2CCCCCCC2)nc1. The molecular weight excluding hydrogens is 256 g/mol. The van der Waals surface area contributed by atoms with Gasteiger partial charge in [0.25, 0.3) is 5.91 Å². The molecule has 0 aromatic carbocycles. The molecule has 108 valence electrons. The van der Waals surface area contributed by atoms with Crippen LogP contribution in [0.4, 0.5) is 0 Å². The van der Waals surface area contributed by atoms with E-state index < -0.39 is 5.97 Å². The summed E-state index contributed by atoms with van der Waals surface area (Å²) < 4.78 is 0. The summed E-state index contributed by atoms with van der Waals surface area (Å²) in [4.78, 5) is 26.7. The van der Waals surface area contributed by atoms with Gasteiger partial charge in [0.2, 0.25) is 0 Å². The van der Waals surface area contributed by atoms with Crippen molar-refractivity contribution < 1.29 is 14.7 Å². The number of aromatic carboxylic acids is 1. The van der Waals surface area contributed by atoms with Gasteiger partial charge in [0.1, 0.15) is 5.69 Å². The Kier molecular flexibility index (Phi) is 5.09. The highest BCUT2D eigenvalue weighted by atomic mass is 16.4. The van der Waals surface area contributed by atoms with Gasteiger partial charge in [0, 0.05) is 12.2 Å². The van der Waals surface area contributed by atoms with Crippen LogP contribution in [0.25, 0.3) is 0 Å². The second kappa shape index (κ2) is 7.03. The van der Waals surface area contributed by atoms with E-state index in [1.807, 2.05) is 0 Å². The van der Waals surface area contributed by atoms with Crippen molar-refractivity contribution in [2.75, 3.05) is 0 Å². The molecule has 0 radical (unpaired) electrons. The minimum Gasteiger partial charge on any atom is -0.478 e. The molecule has 1 heterocycles. The lowest BCUT2D eigenvalue weighted by atomic mass is 9.96. The number of carboxylic acids is 1. The molecule has 0 bridgehead atoms. The van der Waals surface area contributed by atoms with Gasteiger partial charge in [-0.1, -0.05) is 32.1 Å². The molecule has 5 heteroatoms. The molecule has 1 aliphatic carbocycles. The number of carbonyl (C=O) groups is 2. The van der Waals surface area contributed by atoms with Gasteiger partial charge in [-0.3, -0.25) is 9.78 Å². The Labute approximate surface area is 118 Å². The molecule has 1 aliphatic rings. The molecule has 20 heavy (non-hydrogen) atoms. The summed E-state index contributed by atoms with van der Waals surface area (Å²) in [5.41, 5.74) is 0.365. The smallest absolute Gasteiger partial charge is 0.337 e. The quantitative estimate of drug-likeness (QED) is 0.889. The number of hydrogen-bond donors (Lipinski definition) is 2. The molecule has 2 N–H and O–H groups in total. The summed E-state index contributed by atoms with van der Waals surface area (Å²) in [7, 11) is 0. The van der Waals surface area contributed by atoms with Crippen molar-refractivity contribution in [3.63, 3.8) is 0 Å². The van der Waals surface area contributed by atoms with Gasteiger partial charge in [-0.05, 0) is 25.0 Å². The van der Waals surface area contributed by atoms with E-state index in [2.05, 4.69) is 10.3 Å². The first kappa shape index (κ1) is 14.5. The standard InChI is InChI=1S/C15H20N2O3/c18-14(13-9-8-11(10-16-13)15(19)20)17-12-6-4-2-1-3-5-7-12/h8-10,12H,1-7H2,(H,17,18)(H,19,20). The maximum atomic E-state index is 12.1. The van der Waals surface area contributed by atoms with E-state index in [0.717, 1.165) is 25.7 Å². The van der Waals surface area contributed by atoms with Crippen LogP contribution in [-0.4, -0.2) is 28.0 Å². The number of nitrogens with one attached hydrogen (secondary N) is 1. The van der Waals surface area contributed by atoms with Crippen LogP contribution >= 0.6 is 0 Å². The molecule has 0 saturated heterocycles. The minimum absolute atomic E-state index is 0.0903. The number of pyridine rings is 1. The van der Waals surface area contributed by atoms with Crippen LogP contribution in [-0.2, 0) is 0 Å². The Morgan fingerprint density at radius 3 is 2.30 bits per heavy atom. The van der Waals surface area contributed by atoms with Gasteiger partial charge >= 0.3 is 5.97 Å². The van der Waals surface area contributed by atoms with E-state index in [0.29, 0.717) is 0 Å². The van der Waals surface area contributed by atoms with Crippen LogP contribution in [0.15, 0.2) is 18.3 Å². The van der Waals surface area contributed by atoms with Crippen LogP contribution in [0.2, 0.25) is 0 Å². The Hall–Kier alpha value is -1.91. The average molecular weight is 276 g/mol. The number of amides is 1. The van der Waals surface area contributed by atoms with Crippen molar-refractivity contribution in [1.82, 2.24) is 10.3 Å². The zero-order chi connectivity index (χ0) is 14.4. The summed E-state index contributed by atoms with van der Waals surface area (Å²) in [6.07, 6.45) is 9.30. The molecule has 1 aromatic heterocycles. The fourth-order valence-corrected chi connectivity index (χ4v) is 2.51. The van der Waals surface area contributed by atoms with Crippen molar-refractivity contribution in [3.05, 3.63) is 29.6 Å². The second-order valence-electron chi connectivity index (χ2n) is 5.25. The second-order valence-corrected chi connectivity index (χ2v) is 5.25. The highest BCUT2D eigenvalue weighted by Gasteiger charge is 2.16. The molecule has 5 nitrogen and oxygen atoms in total. The number of aromatic nitrogens is 1. The Bertz CT molecular complexity index is 463. The summed E-state index contributed by atoms with van der Waals surface area (Å²) >= 11 is 0. The molecule has 0 aliphatic heterocycles. The molecule has 2 rings (SSSR count). The van der Waals surface area contributed by atoms with E-state index in [4.69, 9.17) is 5.11 Å². The molecule has 1 fully saturated rings. The molecule has 1 amide bonds. The lowest BCUT2D eigenvalue weighted by Crippen LogP contribution is -2.35. The summed E-state index contributed by atoms with van der Waals surface area (Å²) in [6, 6.07) is 3.08. The van der Waals surface area contributed by atoms with Gasteiger partial charge < -0.3 is 10.4 Å². The van der Waals surface area contributed by atoms with E-state index in [-0.39, 0.29) is 23.2 Å².